The molecule has 0 saturated carbocycles. The lowest BCUT2D eigenvalue weighted by atomic mass is 9.99. The van der Waals surface area contributed by atoms with E-state index in [1.54, 1.807) is 36.7 Å². The summed E-state index contributed by atoms with van der Waals surface area (Å²) < 4.78 is 20.4. The fourth-order valence-corrected chi connectivity index (χ4v) is 3.36. The molecule has 146 valence electrons. The van der Waals surface area contributed by atoms with Crippen LogP contribution in [0.15, 0.2) is 61.1 Å². The zero-order valence-electron chi connectivity index (χ0n) is 16.2. The van der Waals surface area contributed by atoms with E-state index in [4.69, 9.17) is 4.74 Å². The fourth-order valence-electron chi connectivity index (χ4n) is 3.36. The Bertz CT molecular complexity index is 1200. The lowest BCUT2D eigenvalue weighted by Crippen LogP contribution is -2.09. The third-order valence-electron chi connectivity index (χ3n) is 4.77. The summed E-state index contributed by atoms with van der Waals surface area (Å²) in [4.78, 5) is 20.7. The summed E-state index contributed by atoms with van der Waals surface area (Å²) in [7, 11) is 0. The molecule has 0 unspecified atom stereocenters. The van der Waals surface area contributed by atoms with Crippen molar-refractivity contribution in [2.24, 2.45) is 0 Å². The molecule has 3 heterocycles. The predicted molar refractivity (Wildman–Crippen MR) is 108 cm³/mol. The van der Waals surface area contributed by atoms with E-state index < -0.39 is 5.97 Å². The molecule has 0 saturated heterocycles. The summed E-state index contributed by atoms with van der Waals surface area (Å²) in [5.74, 6) is -0.409. The van der Waals surface area contributed by atoms with Gasteiger partial charge in [-0.15, -0.1) is 0 Å². The van der Waals surface area contributed by atoms with E-state index >= 15 is 0 Å². The van der Waals surface area contributed by atoms with Crippen molar-refractivity contribution in [3.63, 3.8) is 0 Å². The first-order chi connectivity index (χ1) is 14.1. The minimum absolute atomic E-state index is 0.227. The van der Waals surface area contributed by atoms with Gasteiger partial charge in [0, 0.05) is 18.0 Å². The summed E-state index contributed by atoms with van der Waals surface area (Å²) in [6.07, 6.45) is 5.87. The van der Waals surface area contributed by atoms with E-state index in [1.807, 2.05) is 36.5 Å². The largest absolute Gasteiger partial charge is 0.460 e. The van der Waals surface area contributed by atoms with E-state index in [9.17, 15) is 9.18 Å². The van der Waals surface area contributed by atoms with Gasteiger partial charge in [0.25, 0.3) is 0 Å². The molecule has 0 radical (unpaired) electrons. The van der Waals surface area contributed by atoms with E-state index in [1.165, 1.54) is 6.07 Å². The van der Waals surface area contributed by atoms with Crippen LogP contribution < -0.4 is 0 Å². The number of aromatic nitrogens is 3. The highest BCUT2D eigenvalue weighted by atomic mass is 19.1. The second kappa shape index (κ2) is 7.83. The number of hydrogen-bond donors (Lipinski definition) is 0. The molecule has 6 heteroatoms. The van der Waals surface area contributed by atoms with Crippen molar-refractivity contribution in [3.05, 3.63) is 89.4 Å². The topological polar surface area (TPSA) is 56.5 Å². The molecule has 4 rings (SSSR count). The number of carbonyl (C=O) groups excluding carboxylic acids is 1. The van der Waals surface area contributed by atoms with Crippen molar-refractivity contribution in [3.8, 4) is 11.3 Å². The molecule has 0 aliphatic carbocycles. The van der Waals surface area contributed by atoms with Crippen molar-refractivity contribution >= 4 is 11.5 Å². The monoisotopic (exact) mass is 389 g/mol. The first kappa shape index (κ1) is 18.8. The van der Waals surface area contributed by atoms with Crippen LogP contribution in [0.4, 0.5) is 4.39 Å². The van der Waals surface area contributed by atoms with Gasteiger partial charge in [-0.1, -0.05) is 6.07 Å². The number of imidazole rings is 1. The summed E-state index contributed by atoms with van der Waals surface area (Å²) in [5.41, 5.74) is 5.21. The molecule has 1 aromatic carbocycles. The molecule has 0 atom stereocenters. The Hall–Kier alpha value is -3.54. The van der Waals surface area contributed by atoms with Gasteiger partial charge in [0.2, 0.25) is 5.82 Å². The molecule has 3 aromatic heterocycles. The summed E-state index contributed by atoms with van der Waals surface area (Å²) in [5, 5.41) is 0. The molecule has 0 fully saturated rings. The van der Waals surface area contributed by atoms with Crippen LogP contribution in [0.3, 0.4) is 0 Å². The SMILES string of the molecule is CCOC(=O)c1ncc2cc(Cc3cccnc3-c3ccc(F)c(C)c3)ccn12. The average molecular weight is 389 g/mol. The number of fused-ring (bicyclic) bond motifs is 1. The summed E-state index contributed by atoms with van der Waals surface area (Å²) in [6.45, 7) is 3.81. The predicted octanol–water partition coefficient (Wildman–Crippen LogP) is 4.61. The van der Waals surface area contributed by atoms with Gasteiger partial charge in [0.15, 0.2) is 0 Å². The lowest BCUT2D eigenvalue weighted by molar-refractivity contribution is 0.0511. The molecule has 0 aliphatic rings. The van der Waals surface area contributed by atoms with Crippen LogP contribution in [-0.2, 0) is 11.2 Å². The van der Waals surface area contributed by atoms with Gasteiger partial charge in [-0.3, -0.25) is 9.38 Å². The number of carbonyl (C=O) groups is 1. The van der Waals surface area contributed by atoms with E-state index in [-0.39, 0.29) is 11.6 Å². The van der Waals surface area contributed by atoms with Gasteiger partial charge < -0.3 is 4.74 Å². The molecular formula is C23H20FN3O2. The molecule has 0 bridgehead atoms. The minimum Gasteiger partial charge on any atom is -0.460 e. The zero-order valence-corrected chi connectivity index (χ0v) is 16.2. The third kappa shape index (κ3) is 3.74. The number of nitrogens with zero attached hydrogens (tertiary/aromatic N) is 3. The van der Waals surface area contributed by atoms with E-state index in [0.29, 0.717) is 18.6 Å². The highest BCUT2D eigenvalue weighted by Crippen LogP contribution is 2.25. The molecule has 4 aromatic rings. The van der Waals surface area contributed by atoms with Gasteiger partial charge in [-0.25, -0.2) is 14.2 Å². The molecule has 5 nitrogen and oxygen atoms in total. The average Bonchev–Trinajstić information content (AvgIpc) is 3.14. The van der Waals surface area contributed by atoms with Gasteiger partial charge in [0.05, 0.1) is 24.0 Å². The lowest BCUT2D eigenvalue weighted by Gasteiger charge is -2.10. The van der Waals surface area contributed by atoms with Crippen LogP contribution >= 0.6 is 0 Å². The number of ether oxygens (including phenoxy) is 1. The maximum Gasteiger partial charge on any atom is 0.374 e. The highest BCUT2D eigenvalue weighted by molar-refractivity contribution is 5.86. The van der Waals surface area contributed by atoms with Gasteiger partial charge in [-0.05, 0) is 73.4 Å². The van der Waals surface area contributed by atoms with Gasteiger partial charge >= 0.3 is 5.97 Å². The Balaban J connectivity index is 1.67. The molecule has 0 amide bonds. The second-order valence-corrected chi connectivity index (χ2v) is 6.78. The van der Waals surface area contributed by atoms with E-state index in [2.05, 4.69) is 9.97 Å². The number of benzene rings is 1. The Morgan fingerprint density at radius 1 is 1.17 bits per heavy atom. The normalized spacial score (nSPS) is 11.0. The maximum atomic E-state index is 13.7. The number of rotatable bonds is 5. The number of hydrogen-bond acceptors (Lipinski definition) is 4. The fraction of sp³-hybridized carbons (Fsp3) is 0.174. The minimum atomic E-state index is -0.443. The van der Waals surface area contributed by atoms with Crippen LogP contribution in [0.1, 0.15) is 34.2 Å². The zero-order chi connectivity index (χ0) is 20.4. The van der Waals surface area contributed by atoms with Crippen LogP contribution in [0.5, 0.6) is 0 Å². The third-order valence-corrected chi connectivity index (χ3v) is 4.77. The van der Waals surface area contributed by atoms with Crippen molar-refractivity contribution in [2.75, 3.05) is 6.61 Å². The molecule has 29 heavy (non-hydrogen) atoms. The Morgan fingerprint density at radius 2 is 2.03 bits per heavy atom. The van der Waals surface area contributed by atoms with Crippen LogP contribution in [0.2, 0.25) is 0 Å². The Labute approximate surface area is 167 Å². The summed E-state index contributed by atoms with van der Waals surface area (Å²) >= 11 is 0. The first-order valence-electron chi connectivity index (χ1n) is 9.40. The first-order valence-corrected chi connectivity index (χ1v) is 9.40. The van der Waals surface area contributed by atoms with Crippen molar-refractivity contribution < 1.29 is 13.9 Å². The standard InChI is InChI=1S/C23H20FN3O2/c1-3-29-23(28)22-26-14-19-13-16(8-10-27(19)22)12-17-5-4-9-25-21(17)18-6-7-20(24)15(2)11-18/h4-11,13-14H,3,12H2,1-2H3. The van der Waals surface area contributed by atoms with E-state index in [0.717, 1.165) is 27.9 Å². The maximum absolute atomic E-state index is 13.7. The molecule has 0 N–H and O–H groups in total. The Kier molecular flexibility index (Phi) is 5.08. The van der Waals surface area contributed by atoms with Crippen LogP contribution in [-0.4, -0.2) is 26.9 Å². The number of halogens is 1. The van der Waals surface area contributed by atoms with Crippen LogP contribution in [0, 0.1) is 12.7 Å². The quantitative estimate of drug-likeness (QED) is 0.468. The smallest absolute Gasteiger partial charge is 0.374 e. The molecule has 0 aliphatic heterocycles. The summed E-state index contributed by atoms with van der Waals surface area (Å²) in [6, 6.07) is 12.9. The van der Waals surface area contributed by atoms with Gasteiger partial charge in [-0.2, -0.15) is 0 Å². The number of esters is 1. The second-order valence-electron chi connectivity index (χ2n) is 6.78. The number of pyridine rings is 2. The van der Waals surface area contributed by atoms with Gasteiger partial charge in [0.1, 0.15) is 5.82 Å². The van der Waals surface area contributed by atoms with Crippen molar-refractivity contribution in [1.29, 1.82) is 0 Å². The molecular weight excluding hydrogens is 369 g/mol. The Morgan fingerprint density at radius 3 is 2.83 bits per heavy atom. The number of aryl methyl sites for hydroxylation is 1. The highest BCUT2D eigenvalue weighted by Gasteiger charge is 2.15. The van der Waals surface area contributed by atoms with Crippen LogP contribution in [0.25, 0.3) is 16.8 Å². The molecule has 0 spiro atoms. The van der Waals surface area contributed by atoms with Crippen molar-refractivity contribution in [2.45, 2.75) is 20.3 Å². The van der Waals surface area contributed by atoms with Crippen molar-refractivity contribution in [1.82, 2.24) is 14.4 Å².